The first-order valence-electron chi connectivity index (χ1n) is 12.6. The van der Waals surface area contributed by atoms with Gasteiger partial charge in [-0.05, 0) is 62.3 Å². The van der Waals surface area contributed by atoms with E-state index in [4.69, 9.17) is 16.3 Å². The van der Waals surface area contributed by atoms with Crippen LogP contribution in [0.15, 0.2) is 47.9 Å². The molecular weight excluding hydrogens is 488 g/mol. The Hall–Kier alpha value is -2.10. The van der Waals surface area contributed by atoms with E-state index in [0.717, 1.165) is 51.5 Å². The van der Waals surface area contributed by atoms with Gasteiger partial charge in [0.1, 0.15) is 6.61 Å². The molecule has 8 nitrogen and oxygen atoms in total. The quantitative estimate of drug-likeness (QED) is 0.475. The van der Waals surface area contributed by atoms with E-state index in [0.29, 0.717) is 23.9 Å². The molecule has 2 atom stereocenters. The highest BCUT2D eigenvalue weighted by Gasteiger charge is 2.43. The van der Waals surface area contributed by atoms with Gasteiger partial charge in [-0.2, -0.15) is 4.31 Å². The second-order valence-electron chi connectivity index (χ2n) is 9.52. The molecule has 0 bridgehead atoms. The fourth-order valence-corrected chi connectivity index (χ4v) is 7.45. The number of aryl methyl sites for hydroxylation is 1. The van der Waals surface area contributed by atoms with E-state index in [1.54, 1.807) is 41.1 Å². The van der Waals surface area contributed by atoms with Crippen molar-refractivity contribution in [3.63, 3.8) is 0 Å². The summed E-state index contributed by atoms with van der Waals surface area (Å²) in [4.78, 5) is 16.6. The zero-order valence-corrected chi connectivity index (χ0v) is 21.6. The summed E-state index contributed by atoms with van der Waals surface area (Å²) >= 11 is 6.01. The van der Waals surface area contributed by atoms with Crippen LogP contribution in [-0.4, -0.2) is 53.6 Å². The Morgan fingerprint density at radius 3 is 2.57 bits per heavy atom. The third-order valence-corrected chi connectivity index (χ3v) is 9.38. The number of imidazole rings is 1. The van der Waals surface area contributed by atoms with Gasteiger partial charge < -0.3 is 14.6 Å². The third-order valence-electron chi connectivity index (χ3n) is 7.14. The molecule has 2 aromatic rings. The number of aromatic nitrogens is 2. The normalized spacial score (nSPS) is 22.1. The number of carbonyl (C=O) groups is 1. The average Bonchev–Trinajstić information content (AvgIpc) is 3.39. The molecular formula is C25H35ClN4O4S. The number of carbonyl (C=O) groups excluding carboxylic acids is 1. The van der Waals surface area contributed by atoms with Crippen LogP contribution in [0.1, 0.15) is 57.8 Å². The van der Waals surface area contributed by atoms with E-state index in [-0.39, 0.29) is 23.6 Å². The lowest BCUT2D eigenvalue weighted by atomic mass is 9.80. The Labute approximate surface area is 213 Å². The van der Waals surface area contributed by atoms with Crippen molar-refractivity contribution >= 4 is 27.7 Å². The summed E-state index contributed by atoms with van der Waals surface area (Å²) in [6.07, 6.45) is 13.6. The SMILES string of the molecule is O=C(NCCCn1ccnc1)OC[C@H]1CCC[C@@H](C2CCCCC2)N1S(=O)(=O)c1ccc(Cl)cc1. The first-order valence-corrected chi connectivity index (χ1v) is 14.4. The number of nitrogens with zero attached hydrogens (tertiary/aromatic N) is 3. The Balaban J connectivity index is 1.42. The van der Waals surface area contributed by atoms with Crippen LogP contribution in [0.2, 0.25) is 5.02 Å². The van der Waals surface area contributed by atoms with Crippen molar-refractivity contribution in [2.75, 3.05) is 13.2 Å². The van der Waals surface area contributed by atoms with Crippen molar-refractivity contribution in [2.24, 2.45) is 5.92 Å². The van der Waals surface area contributed by atoms with Gasteiger partial charge in [-0.3, -0.25) is 0 Å². The maximum atomic E-state index is 13.8. The van der Waals surface area contributed by atoms with Crippen molar-refractivity contribution in [2.45, 2.75) is 81.3 Å². The molecule has 0 spiro atoms. The van der Waals surface area contributed by atoms with Crippen LogP contribution in [0.25, 0.3) is 0 Å². The molecule has 1 aliphatic carbocycles. The molecule has 192 valence electrons. The highest BCUT2D eigenvalue weighted by atomic mass is 35.5. The highest BCUT2D eigenvalue weighted by molar-refractivity contribution is 7.89. The minimum atomic E-state index is -3.77. The third kappa shape index (κ3) is 6.77. The second kappa shape index (κ2) is 12.2. The molecule has 10 heteroatoms. The van der Waals surface area contributed by atoms with E-state index in [1.807, 2.05) is 10.8 Å². The zero-order valence-electron chi connectivity index (χ0n) is 20.0. The molecule has 1 saturated carbocycles. The van der Waals surface area contributed by atoms with Gasteiger partial charge in [0.15, 0.2) is 0 Å². The predicted molar refractivity (Wildman–Crippen MR) is 135 cm³/mol. The lowest BCUT2D eigenvalue weighted by Crippen LogP contribution is -2.55. The first kappa shape index (κ1) is 26.0. The molecule has 2 fully saturated rings. The molecule has 1 N–H and O–H groups in total. The highest BCUT2D eigenvalue weighted by Crippen LogP contribution is 2.39. The number of sulfonamides is 1. The summed E-state index contributed by atoms with van der Waals surface area (Å²) < 4.78 is 36.9. The van der Waals surface area contributed by atoms with Gasteiger partial charge in [0.05, 0.1) is 17.3 Å². The van der Waals surface area contributed by atoms with Crippen molar-refractivity contribution in [1.82, 2.24) is 19.2 Å². The number of hydrogen-bond donors (Lipinski definition) is 1. The number of amides is 1. The van der Waals surface area contributed by atoms with Crippen LogP contribution >= 0.6 is 11.6 Å². The van der Waals surface area contributed by atoms with Crippen LogP contribution in [-0.2, 0) is 21.3 Å². The predicted octanol–water partition coefficient (Wildman–Crippen LogP) is 4.85. The van der Waals surface area contributed by atoms with Crippen molar-refractivity contribution in [3.05, 3.63) is 48.0 Å². The van der Waals surface area contributed by atoms with Crippen LogP contribution < -0.4 is 5.32 Å². The maximum Gasteiger partial charge on any atom is 0.407 e. The molecule has 1 aliphatic heterocycles. The molecule has 0 radical (unpaired) electrons. The first-order chi connectivity index (χ1) is 16.9. The van der Waals surface area contributed by atoms with Crippen LogP contribution in [0, 0.1) is 5.92 Å². The topological polar surface area (TPSA) is 93.5 Å². The number of halogens is 1. The molecule has 1 amide bonds. The number of hydrogen-bond acceptors (Lipinski definition) is 5. The van der Waals surface area contributed by atoms with Crippen LogP contribution in [0.4, 0.5) is 4.79 Å². The van der Waals surface area contributed by atoms with E-state index < -0.39 is 16.1 Å². The van der Waals surface area contributed by atoms with E-state index in [2.05, 4.69) is 10.3 Å². The zero-order chi connectivity index (χ0) is 24.7. The van der Waals surface area contributed by atoms with E-state index in [1.165, 1.54) is 6.42 Å². The van der Waals surface area contributed by atoms with Gasteiger partial charge in [0.25, 0.3) is 0 Å². The summed E-state index contributed by atoms with van der Waals surface area (Å²) in [7, 11) is -3.77. The molecule has 1 saturated heterocycles. The summed E-state index contributed by atoms with van der Waals surface area (Å²) in [6, 6.07) is 5.89. The molecule has 1 aromatic carbocycles. The smallest absolute Gasteiger partial charge is 0.407 e. The molecule has 2 aliphatic rings. The molecule has 1 aromatic heterocycles. The summed E-state index contributed by atoms with van der Waals surface area (Å²) in [5.41, 5.74) is 0. The van der Waals surface area contributed by atoms with Gasteiger partial charge in [-0.25, -0.2) is 18.2 Å². The molecule has 2 heterocycles. The van der Waals surface area contributed by atoms with E-state index in [9.17, 15) is 13.2 Å². The lowest BCUT2D eigenvalue weighted by molar-refractivity contribution is 0.0599. The average molecular weight is 523 g/mol. The molecule has 0 unspecified atom stereocenters. The largest absolute Gasteiger partial charge is 0.448 e. The van der Waals surface area contributed by atoms with Gasteiger partial charge in [0.2, 0.25) is 10.0 Å². The number of benzene rings is 1. The Morgan fingerprint density at radius 1 is 1.09 bits per heavy atom. The second-order valence-corrected chi connectivity index (χ2v) is 11.8. The number of nitrogens with one attached hydrogen (secondary N) is 1. The van der Waals surface area contributed by atoms with Crippen molar-refractivity contribution < 1.29 is 17.9 Å². The number of ether oxygens (including phenoxy) is 1. The maximum absolute atomic E-state index is 13.8. The minimum Gasteiger partial charge on any atom is -0.448 e. The van der Waals surface area contributed by atoms with Gasteiger partial charge >= 0.3 is 6.09 Å². The number of piperidine rings is 1. The summed E-state index contributed by atoms with van der Waals surface area (Å²) in [6.45, 7) is 1.27. The minimum absolute atomic E-state index is 0.0450. The Kier molecular flexibility index (Phi) is 9.08. The Bertz CT molecular complexity index is 1040. The fourth-order valence-electron chi connectivity index (χ4n) is 5.40. The van der Waals surface area contributed by atoms with Gasteiger partial charge in [-0.1, -0.05) is 37.3 Å². The fraction of sp³-hybridized carbons (Fsp3) is 0.600. The van der Waals surface area contributed by atoms with Gasteiger partial charge in [-0.15, -0.1) is 0 Å². The number of alkyl carbamates (subject to hydrolysis) is 1. The monoisotopic (exact) mass is 522 g/mol. The molecule has 4 rings (SSSR count). The molecule has 35 heavy (non-hydrogen) atoms. The van der Waals surface area contributed by atoms with Crippen molar-refractivity contribution in [1.29, 1.82) is 0 Å². The lowest BCUT2D eigenvalue weighted by Gasteiger charge is -2.45. The van der Waals surface area contributed by atoms with Gasteiger partial charge in [0, 0.05) is 36.5 Å². The number of rotatable bonds is 9. The standard InChI is InChI=1S/C25H35ClN4O4S/c26-21-10-12-23(13-11-21)35(32,33)30-22(8-4-9-24(30)20-6-2-1-3-7-20)18-34-25(31)28-14-5-16-29-17-15-27-19-29/h10-13,15,17,19-20,22,24H,1-9,14,16,18H2,(H,28,31)/t22-,24+/m1/s1. The van der Waals surface area contributed by atoms with Crippen molar-refractivity contribution in [3.8, 4) is 0 Å². The Morgan fingerprint density at radius 2 is 1.86 bits per heavy atom. The van der Waals surface area contributed by atoms with Crippen LogP contribution in [0.5, 0.6) is 0 Å². The van der Waals surface area contributed by atoms with Crippen LogP contribution in [0.3, 0.4) is 0 Å². The van der Waals surface area contributed by atoms with E-state index >= 15 is 0 Å². The summed E-state index contributed by atoms with van der Waals surface area (Å²) in [5, 5.41) is 3.27. The summed E-state index contributed by atoms with van der Waals surface area (Å²) in [5.74, 6) is 0.339.